The Bertz CT molecular complexity index is 1560. The van der Waals surface area contributed by atoms with Crippen molar-refractivity contribution in [2.45, 2.75) is 19.9 Å². The minimum atomic E-state index is -0.353. The van der Waals surface area contributed by atoms with Gasteiger partial charge in [0, 0.05) is 39.1 Å². The van der Waals surface area contributed by atoms with E-state index < -0.39 is 0 Å². The smallest absolute Gasteiger partial charge is 0.262 e. The Labute approximate surface area is 219 Å². The summed E-state index contributed by atoms with van der Waals surface area (Å²) in [6, 6.07) is 21.8. The van der Waals surface area contributed by atoms with Gasteiger partial charge in [-0.25, -0.2) is 0 Å². The lowest BCUT2D eigenvalue weighted by atomic mass is 9.94. The quantitative estimate of drug-likeness (QED) is 0.300. The van der Waals surface area contributed by atoms with Gasteiger partial charge in [0.1, 0.15) is 0 Å². The molecule has 0 spiro atoms. The number of carbonyl (C=O) groups excluding carboxylic acids is 4. The van der Waals surface area contributed by atoms with Crippen molar-refractivity contribution in [1.29, 1.82) is 0 Å². The summed E-state index contributed by atoms with van der Waals surface area (Å²) in [5, 5.41) is 6.26. The molecule has 8 nitrogen and oxygen atoms in total. The van der Waals surface area contributed by atoms with E-state index in [9.17, 15) is 19.2 Å². The second-order valence-electron chi connectivity index (χ2n) is 9.89. The van der Waals surface area contributed by atoms with E-state index in [4.69, 9.17) is 0 Å². The van der Waals surface area contributed by atoms with Crippen LogP contribution in [0.2, 0.25) is 0 Å². The molecule has 4 amide bonds. The maximum Gasteiger partial charge on any atom is 0.262 e. The van der Waals surface area contributed by atoms with Crippen LogP contribution in [0.4, 0.5) is 0 Å². The van der Waals surface area contributed by atoms with Crippen LogP contribution < -0.4 is 5.32 Å². The Balaban J connectivity index is 1.19. The van der Waals surface area contributed by atoms with E-state index in [-0.39, 0.29) is 49.7 Å². The van der Waals surface area contributed by atoms with Crippen molar-refractivity contribution in [3.63, 3.8) is 0 Å². The number of nitrogens with zero attached hydrogens (tertiary/aromatic N) is 3. The molecule has 4 aromatic carbocycles. The first-order chi connectivity index (χ1) is 18.4. The Hall–Kier alpha value is -4.40. The van der Waals surface area contributed by atoms with Gasteiger partial charge in [0.25, 0.3) is 23.6 Å². The minimum absolute atomic E-state index is 0.00432. The van der Waals surface area contributed by atoms with E-state index >= 15 is 0 Å². The van der Waals surface area contributed by atoms with E-state index in [2.05, 4.69) is 5.32 Å². The molecule has 0 atom stereocenters. The third-order valence-electron chi connectivity index (χ3n) is 7.35. The third-order valence-corrected chi connectivity index (χ3v) is 7.35. The molecule has 2 aliphatic heterocycles. The van der Waals surface area contributed by atoms with Gasteiger partial charge in [0.05, 0.1) is 20.0 Å². The van der Waals surface area contributed by atoms with Gasteiger partial charge < -0.3 is 0 Å². The molecule has 0 bridgehead atoms. The van der Waals surface area contributed by atoms with Gasteiger partial charge in [-0.2, -0.15) is 0 Å². The van der Waals surface area contributed by atoms with Crippen LogP contribution in [0.15, 0.2) is 72.8 Å². The number of amides is 4. The predicted octanol–water partition coefficient (Wildman–Crippen LogP) is 4.06. The van der Waals surface area contributed by atoms with E-state index in [1.807, 2.05) is 67.3 Å². The number of rotatable bonds is 7. The van der Waals surface area contributed by atoms with Crippen LogP contribution in [-0.2, 0) is 0 Å². The molecule has 190 valence electrons. The Morgan fingerprint density at radius 3 is 1.42 bits per heavy atom. The molecule has 1 N–H and O–H groups in total. The van der Waals surface area contributed by atoms with Crippen molar-refractivity contribution in [1.82, 2.24) is 20.0 Å². The average molecular weight is 507 g/mol. The van der Waals surface area contributed by atoms with Gasteiger partial charge >= 0.3 is 0 Å². The second-order valence-corrected chi connectivity index (χ2v) is 9.89. The fraction of sp³-hybridized carbons (Fsp3) is 0.200. The molecule has 6 rings (SSSR count). The number of imide groups is 2. The van der Waals surface area contributed by atoms with Gasteiger partial charge in [0.15, 0.2) is 0 Å². The molecule has 0 aromatic heterocycles. The number of benzene rings is 4. The SMILES string of the molecule is CC(C)N(CNCN1C(=O)c2cccc3cccc(c23)C1=O)CN1C(=O)c2cccc3cccc(c23)C1=O. The first-order valence-electron chi connectivity index (χ1n) is 12.6. The van der Waals surface area contributed by atoms with Crippen LogP contribution >= 0.6 is 0 Å². The molecular formula is C30H26N4O4. The second kappa shape index (κ2) is 9.16. The highest BCUT2D eigenvalue weighted by molar-refractivity contribution is 6.26. The number of hydrogen-bond donors (Lipinski definition) is 1. The maximum atomic E-state index is 13.3. The Morgan fingerprint density at radius 1 is 0.632 bits per heavy atom. The van der Waals surface area contributed by atoms with E-state index in [1.165, 1.54) is 9.80 Å². The number of nitrogens with one attached hydrogen (secondary N) is 1. The van der Waals surface area contributed by atoms with Crippen LogP contribution in [0.25, 0.3) is 21.5 Å². The molecule has 4 aromatic rings. The summed E-state index contributed by atoms with van der Waals surface area (Å²) in [5.74, 6) is -1.38. The molecule has 0 saturated carbocycles. The van der Waals surface area contributed by atoms with Gasteiger partial charge in [-0.3, -0.25) is 39.2 Å². The summed E-state index contributed by atoms with van der Waals surface area (Å²) in [5.41, 5.74) is 2.01. The minimum Gasteiger partial charge on any atom is -0.286 e. The van der Waals surface area contributed by atoms with Gasteiger partial charge in [-0.1, -0.05) is 48.5 Å². The zero-order valence-electron chi connectivity index (χ0n) is 21.1. The summed E-state index contributed by atoms with van der Waals surface area (Å²) >= 11 is 0. The van der Waals surface area contributed by atoms with E-state index in [0.717, 1.165) is 10.8 Å². The standard InChI is InChI=1S/C30H26N4O4/c1-18(2)32(17-34-29(37)23-13-5-9-20-10-6-14-24(26(20)23)30(34)38)15-31-16-33-27(35)21-11-3-7-19-8-4-12-22(25(19)21)28(33)36/h3-14,18,31H,15-17H2,1-2H3. The van der Waals surface area contributed by atoms with E-state index in [1.54, 1.807) is 24.3 Å². The van der Waals surface area contributed by atoms with Crippen LogP contribution in [-0.4, -0.2) is 64.4 Å². The average Bonchev–Trinajstić information content (AvgIpc) is 2.93. The molecule has 8 heteroatoms. The first-order valence-corrected chi connectivity index (χ1v) is 12.6. The Kier molecular flexibility index (Phi) is 5.78. The summed E-state index contributed by atoms with van der Waals surface area (Å²) in [6.45, 7) is 4.24. The summed E-state index contributed by atoms with van der Waals surface area (Å²) < 4.78 is 0. The van der Waals surface area contributed by atoms with Crippen molar-refractivity contribution in [2.24, 2.45) is 0 Å². The fourth-order valence-corrected chi connectivity index (χ4v) is 5.32. The highest BCUT2D eigenvalue weighted by Crippen LogP contribution is 2.31. The van der Waals surface area contributed by atoms with Crippen molar-refractivity contribution in [3.05, 3.63) is 95.1 Å². The van der Waals surface area contributed by atoms with Crippen molar-refractivity contribution >= 4 is 45.2 Å². The van der Waals surface area contributed by atoms with Crippen molar-refractivity contribution < 1.29 is 19.2 Å². The van der Waals surface area contributed by atoms with Crippen LogP contribution in [0, 0.1) is 0 Å². The number of carbonyl (C=O) groups is 4. The van der Waals surface area contributed by atoms with Crippen molar-refractivity contribution in [2.75, 3.05) is 20.0 Å². The highest BCUT2D eigenvalue weighted by atomic mass is 16.2. The Morgan fingerprint density at radius 2 is 1.03 bits per heavy atom. The molecule has 2 aliphatic rings. The topological polar surface area (TPSA) is 90.0 Å². The molecule has 38 heavy (non-hydrogen) atoms. The lowest BCUT2D eigenvalue weighted by Gasteiger charge is -2.35. The molecule has 2 heterocycles. The summed E-state index contributed by atoms with van der Waals surface area (Å²) in [4.78, 5) is 57.4. The molecule has 0 saturated heterocycles. The molecule has 0 radical (unpaired) electrons. The summed E-state index contributed by atoms with van der Waals surface area (Å²) in [7, 11) is 0. The normalized spacial score (nSPS) is 15.1. The van der Waals surface area contributed by atoms with Crippen LogP contribution in [0.5, 0.6) is 0 Å². The zero-order chi connectivity index (χ0) is 26.6. The first kappa shape index (κ1) is 24.0. The largest absolute Gasteiger partial charge is 0.286 e. The van der Waals surface area contributed by atoms with Gasteiger partial charge in [-0.15, -0.1) is 0 Å². The lowest BCUT2D eigenvalue weighted by molar-refractivity contribution is 0.0435. The lowest BCUT2D eigenvalue weighted by Crippen LogP contribution is -2.53. The van der Waals surface area contributed by atoms with Crippen LogP contribution in [0.3, 0.4) is 0 Å². The van der Waals surface area contributed by atoms with Crippen LogP contribution in [0.1, 0.15) is 55.3 Å². The fourth-order valence-electron chi connectivity index (χ4n) is 5.32. The monoisotopic (exact) mass is 506 g/mol. The molecule has 0 unspecified atom stereocenters. The summed E-state index contributed by atoms with van der Waals surface area (Å²) in [6.07, 6.45) is 0. The van der Waals surface area contributed by atoms with Crippen molar-refractivity contribution in [3.8, 4) is 0 Å². The number of hydrogen-bond acceptors (Lipinski definition) is 6. The third kappa shape index (κ3) is 3.69. The molecular weight excluding hydrogens is 480 g/mol. The van der Waals surface area contributed by atoms with Gasteiger partial charge in [0.2, 0.25) is 0 Å². The zero-order valence-corrected chi connectivity index (χ0v) is 21.1. The molecule has 0 fully saturated rings. The molecule has 0 aliphatic carbocycles. The maximum absolute atomic E-state index is 13.3. The van der Waals surface area contributed by atoms with Gasteiger partial charge in [-0.05, 0) is 48.9 Å². The van der Waals surface area contributed by atoms with E-state index in [0.29, 0.717) is 33.0 Å². The predicted molar refractivity (Wildman–Crippen MR) is 144 cm³/mol. The highest BCUT2D eigenvalue weighted by Gasteiger charge is 2.35.